The van der Waals surface area contributed by atoms with Crippen LogP contribution >= 0.6 is 0 Å². The summed E-state index contributed by atoms with van der Waals surface area (Å²) >= 11 is 0. The number of rotatable bonds is 4. The van der Waals surface area contributed by atoms with Crippen LogP contribution < -0.4 is 15.0 Å². The van der Waals surface area contributed by atoms with Crippen LogP contribution in [0.5, 0.6) is 5.75 Å². The van der Waals surface area contributed by atoms with Crippen molar-refractivity contribution in [3.05, 3.63) is 54.1 Å². The lowest BCUT2D eigenvalue weighted by atomic mass is 10.2. The van der Waals surface area contributed by atoms with Gasteiger partial charge < -0.3 is 10.1 Å². The molecule has 1 heterocycles. The van der Waals surface area contributed by atoms with Crippen LogP contribution in [-0.4, -0.2) is 25.0 Å². The fraction of sp³-hybridized carbons (Fsp3) is 0.222. The van der Waals surface area contributed by atoms with E-state index in [1.54, 1.807) is 19.2 Å². The quantitative estimate of drug-likeness (QED) is 0.882. The number of aryl methyl sites for hydroxylation is 1. The zero-order valence-corrected chi connectivity index (χ0v) is 13.1. The molecule has 0 aromatic heterocycles. The molecule has 0 spiro atoms. The summed E-state index contributed by atoms with van der Waals surface area (Å²) in [5.74, 6) is 0.270. The van der Waals surface area contributed by atoms with Gasteiger partial charge in [-0.25, -0.2) is 4.90 Å². The van der Waals surface area contributed by atoms with E-state index in [0.29, 0.717) is 11.4 Å². The first-order valence-corrected chi connectivity index (χ1v) is 7.42. The van der Waals surface area contributed by atoms with Crippen molar-refractivity contribution in [2.75, 3.05) is 17.3 Å². The summed E-state index contributed by atoms with van der Waals surface area (Å²) in [6, 6.07) is 14.1. The Kier molecular flexibility index (Phi) is 4.02. The summed E-state index contributed by atoms with van der Waals surface area (Å²) in [6.07, 6.45) is 0.143. The molecular weight excluding hydrogens is 292 g/mol. The normalized spacial score (nSPS) is 17.5. The lowest BCUT2D eigenvalue weighted by Crippen LogP contribution is -2.34. The maximum Gasteiger partial charge on any atom is 0.256 e. The fourth-order valence-electron chi connectivity index (χ4n) is 2.70. The van der Waals surface area contributed by atoms with Crippen molar-refractivity contribution in [1.29, 1.82) is 0 Å². The number of anilines is 2. The summed E-state index contributed by atoms with van der Waals surface area (Å²) in [5, 5.41) is 3.12. The smallest absolute Gasteiger partial charge is 0.256 e. The predicted octanol–water partition coefficient (Wildman–Crippen LogP) is 2.75. The number of nitrogens with one attached hydrogen (secondary N) is 1. The monoisotopic (exact) mass is 310 g/mol. The fourth-order valence-corrected chi connectivity index (χ4v) is 2.70. The maximum absolute atomic E-state index is 12.6. The number of nitrogens with zero attached hydrogens (tertiary/aromatic N) is 1. The average molecular weight is 310 g/mol. The highest BCUT2D eigenvalue weighted by molar-refractivity contribution is 6.23. The van der Waals surface area contributed by atoms with Crippen molar-refractivity contribution in [2.45, 2.75) is 19.4 Å². The van der Waals surface area contributed by atoms with E-state index in [1.807, 2.05) is 43.3 Å². The minimum atomic E-state index is -0.560. The average Bonchev–Trinajstić information content (AvgIpc) is 2.81. The lowest BCUT2D eigenvalue weighted by molar-refractivity contribution is -0.121. The Morgan fingerprint density at radius 1 is 1.13 bits per heavy atom. The van der Waals surface area contributed by atoms with E-state index in [-0.39, 0.29) is 18.2 Å². The second kappa shape index (κ2) is 6.12. The number of benzene rings is 2. The molecule has 1 saturated heterocycles. The Labute approximate surface area is 134 Å². The first-order valence-electron chi connectivity index (χ1n) is 7.42. The van der Waals surface area contributed by atoms with Gasteiger partial charge in [0.2, 0.25) is 5.91 Å². The Bertz CT molecular complexity index is 757. The lowest BCUT2D eigenvalue weighted by Gasteiger charge is -2.16. The second-order valence-corrected chi connectivity index (χ2v) is 5.54. The van der Waals surface area contributed by atoms with Gasteiger partial charge in [-0.3, -0.25) is 9.59 Å². The molecular formula is C18H18N2O3. The molecule has 0 saturated carbocycles. The third-order valence-electron chi connectivity index (χ3n) is 3.82. The number of ether oxygens (including phenoxy) is 1. The zero-order valence-electron chi connectivity index (χ0n) is 13.1. The third-order valence-corrected chi connectivity index (χ3v) is 3.82. The number of carbonyl (C=O) groups excluding carboxylic acids is 2. The number of imide groups is 1. The Morgan fingerprint density at radius 2 is 1.91 bits per heavy atom. The van der Waals surface area contributed by atoms with Crippen LogP contribution in [0.15, 0.2) is 48.5 Å². The number of amides is 2. The largest absolute Gasteiger partial charge is 0.497 e. The minimum absolute atomic E-state index is 0.143. The van der Waals surface area contributed by atoms with Crippen LogP contribution in [0.3, 0.4) is 0 Å². The molecule has 5 heteroatoms. The molecule has 1 unspecified atom stereocenters. The number of hydrogen-bond donors (Lipinski definition) is 1. The Balaban J connectivity index is 1.81. The standard InChI is InChI=1S/C18H18N2O3/c1-12-5-3-7-14(9-12)20-17(21)11-16(18(20)22)19-13-6-4-8-15(10-13)23-2/h3-10,16,19H,11H2,1-2H3. The van der Waals surface area contributed by atoms with Crippen molar-refractivity contribution in [3.63, 3.8) is 0 Å². The Morgan fingerprint density at radius 3 is 2.65 bits per heavy atom. The van der Waals surface area contributed by atoms with E-state index in [4.69, 9.17) is 4.74 Å². The minimum Gasteiger partial charge on any atom is -0.497 e. The number of carbonyl (C=O) groups is 2. The van der Waals surface area contributed by atoms with Crippen molar-refractivity contribution in [1.82, 2.24) is 0 Å². The summed E-state index contributed by atoms with van der Waals surface area (Å²) in [6.45, 7) is 1.93. The molecule has 1 fully saturated rings. The highest BCUT2D eigenvalue weighted by Crippen LogP contribution is 2.26. The summed E-state index contributed by atoms with van der Waals surface area (Å²) in [7, 11) is 1.59. The summed E-state index contributed by atoms with van der Waals surface area (Å²) in [4.78, 5) is 26.1. The number of hydrogen-bond acceptors (Lipinski definition) is 4. The summed E-state index contributed by atoms with van der Waals surface area (Å²) in [5.41, 5.74) is 2.38. The topological polar surface area (TPSA) is 58.6 Å². The van der Waals surface area contributed by atoms with E-state index in [2.05, 4.69) is 5.32 Å². The molecule has 2 aromatic rings. The molecule has 0 radical (unpaired) electrons. The molecule has 1 N–H and O–H groups in total. The van der Waals surface area contributed by atoms with Crippen LogP contribution in [0.2, 0.25) is 0 Å². The Hall–Kier alpha value is -2.82. The second-order valence-electron chi connectivity index (χ2n) is 5.54. The van der Waals surface area contributed by atoms with Crippen LogP contribution in [0.25, 0.3) is 0 Å². The molecule has 0 bridgehead atoms. The van der Waals surface area contributed by atoms with E-state index >= 15 is 0 Å². The first kappa shape index (κ1) is 15.1. The van der Waals surface area contributed by atoms with Gasteiger partial charge in [0.15, 0.2) is 0 Å². The first-order chi connectivity index (χ1) is 11.1. The molecule has 3 rings (SSSR count). The number of methoxy groups -OCH3 is 1. The van der Waals surface area contributed by atoms with Gasteiger partial charge in [-0.05, 0) is 36.8 Å². The van der Waals surface area contributed by atoms with Crippen molar-refractivity contribution >= 4 is 23.2 Å². The highest BCUT2D eigenvalue weighted by Gasteiger charge is 2.39. The van der Waals surface area contributed by atoms with Crippen LogP contribution in [0.4, 0.5) is 11.4 Å². The van der Waals surface area contributed by atoms with Gasteiger partial charge in [0.05, 0.1) is 19.2 Å². The van der Waals surface area contributed by atoms with E-state index in [0.717, 1.165) is 11.3 Å². The van der Waals surface area contributed by atoms with Gasteiger partial charge in [0, 0.05) is 11.8 Å². The zero-order chi connectivity index (χ0) is 16.4. The van der Waals surface area contributed by atoms with E-state index in [1.165, 1.54) is 4.90 Å². The molecule has 1 aliphatic rings. The van der Waals surface area contributed by atoms with E-state index in [9.17, 15) is 9.59 Å². The van der Waals surface area contributed by atoms with Crippen LogP contribution in [0, 0.1) is 6.92 Å². The predicted molar refractivity (Wildman–Crippen MR) is 88.7 cm³/mol. The summed E-state index contributed by atoms with van der Waals surface area (Å²) < 4.78 is 5.17. The van der Waals surface area contributed by atoms with Gasteiger partial charge in [-0.2, -0.15) is 0 Å². The molecule has 5 nitrogen and oxygen atoms in total. The third kappa shape index (κ3) is 3.04. The van der Waals surface area contributed by atoms with Gasteiger partial charge in [0.1, 0.15) is 11.8 Å². The molecule has 1 atom stereocenters. The van der Waals surface area contributed by atoms with Crippen molar-refractivity contribution in [3.8, 4) is 5.75 Å². The van der Waals surface area contributed by atoms with Crippen molar-refractivity contribution in [2.24, 2.45) is 0 Å². The molecule has 1 aliphatic heterocycles. The highest BCUT2D eigenvalue weighted by atomic mass is 16.5. The van der Waals surface area contributed by atoms with Crippen LogP contribution in [-0.2, 0) is 9.59 Å². The van der Waals surface area contributed by atoms with Gasteiger partial charge in [-0.1, -0.05) is 18.2 Å². The van der Waals surface area contributed by atoms with Gasteiger partial charge >= 0.3 is 0 Å². The molecule has 0 aliphatic carbocycles. The molecule has 118 valence electrons. The molecule has 2 aromatic carbocycles. The molecule has 23 heavy (non-hydrogen) atoms. The van der Waals surface area contributed by atoms with Gasteiger partial charge in [0.25, 0.3) is 5.91 Å². The van der Waals surface area contributed by atoms with E-state index < -0.39 is 6.04 Å². The van der Waals surface area contributed by atoms with Crippen molar-refractivity contribution < 1.29 is 14.3 Å². The van der Waals surface area contributed by atoms with Gasteiger partial charge in [-0.15, -0.1) is 0 Å². The SMILES string of the molecule is COc1cccc(NC2CC(=O)N(c3cccc(C)c3)C2=O)c1. The van der Waals surface area contributed by atoms with Crippen LogP contribution in [0.1, 0.15) is 12.0 Å². The maximum atomic E-state index is 12.6. The molecule has 2 amide bonds.